The Morgan fingerprint density at radius 1 is 1.05 bits per heavy atom. The Kier molecular flexibility index (Phi) is 5.33. The Labute approximate surface area is 126 Å². The summed E-state index contributed by atoms with van der Waals surface area (Å²) in [5.41, 5.74) is 2.24. The summed E-state index contributed by atoms with van der Waals surface area (Å²) in [5.74, 6) is 0.648. The van der Waals surface area contributed by atoms with E-state index >= 15 is 0 Å². The highest BCUT2D eigenvalue weighted by Gasteiger charge is 2.16. The second kappa shape index (κ2) is 7.44. The third kappa shape index (κ3) is 3.60. The summed E-state index contributed by atoms with van der Waals surface area (Å²) in [6.45, 7) is 4.60. The molecule has 0 spiro atoms. The van der Waals surface area contributed by atoms with Crippen molar-refractivity contribution in [2.45, 2.75) is 20.3 Å². The van der Waals surface area contributed by atoms with E-state index in [2.05, 4.69) is 0 Å². The lowest BCUT2D eigenvalue weighted by Gasteiger charge is -2.11. The quantitative estimate of drug-likeness (QED) is 0.714. The molecule has 0 unspecified atom stereocenters. The van der Waals surface area contributed by atoms with E-state index in [9.17, 15) is 4.79 Å². The van der Waals surface area contributed by atoms with Gasteiger partial charge in [-0.05, 0) is 31.0 Å². The molecule has 2 aromatic rings. The number of carbonyl (C=O) groups excluding carboxylic acids is 1. The minimum absolute atomic E-state index is 0.00426. The molecule has 21 heavy (non-hydrogen) atoms. The molecule has 0 saturated heterocycles. The van der Waals surface area contributed by atoms with Gasteiger partial charge >= 0.3 is 0 Å². The number of ether oxygens (including phenoxy) is 1. The van der Waals surface area contributed by atoms with E-state index in [4.69, 9.17) is 4.74 Å². The van der Waals surface area contributed by atoms with E-state index in [1.807, 2.05) is 74.5 Å². The van der Waals surface area contributed by atoms with Gasteiger partial charge < -0.3 is 4.74 Å². The average Bonchev–Trinajstić information content (AvgIpc) is 2.53. The van der Waals surface area contributed by atoms with Gasteiger partial charge in [-0.2, -0.15) is 0 Å². The van der Waals surface area contributed by atoms with E-state index in [1.54, 1.807) is 0 Å². The van der Waals surface area contributed by atoms with Crippen molar-refractivity contribution >= 4 is 11.9 Å². The molecule has 2 rings (SSSR count). The molecule has 0 heterocycles. The minimum Gasteiger partial charge on any atom is -0.493 e. The first-order valence-electron chi connectivity index (χ1n) is 7.26. The van der Waals surface area contributed by atoms with Gasteiger partial charge in [0.25, 0.3) is 0 Å². The molecule has 2 aromatic carbocycles. The van der Waals surface area contributed by atoms with Gasteiger partial charge in [-0.1, -0.05) is 55.5 Å². The summed E-state index contributed by atoms with van der Waals surface area (Å²) >= 11 is 0. The van der Waals surface area contributed by atoms with Gasteiger partial charge in [0.1, 0.15) is 5.75 Å². The highest BCUT2D eigenvalue weighted by atomic mass is 16.5. The van der Waals surface area contributed by atoms with Crippen LogP contribution in [0.3, 0.4) is 0 Å². The van der Waals surface area contributed by atoms with Gasteiger partial charge in [-0.3, -0.25) is 4.79 Å². The van der Waals surface area contributed by atoms with Crippen molar-refractivity contribution in [1.82, 2.24) is 0 Å². The zero-order chi connectivity index (χ0) is 15.1. The van der Waals surface area contributed by atoms with Crippen LogP contribution in [0, 0.1) is 0 Å². The number of hydrogen-bond acceptors (Lipinski definition) is 2. The predicted octanol–water partition coefficient (Wildman–Crippen LogP) is 4.74. The Balaban J connectivity index is 2.41. The van der Waals surface area contributed by atoms with Crippen LogP contribution in [-0.4, -0.2) is 12.4 Å². The molecule has 0 fully saturated rings. The van der Waals surface area contributed by atoms with Gasteiger partial charge in [0.15, 0.2) is 5.78 Å². The van der Waals surface area contributed by atoms with Crippen molar-refractivity contribution in [3.05, 3.63) is 71.3 Å². The van der Waals surface area contributed by atoms with Gasteiger partial charge in [0, 0.05) is 5.56 Å². The minimum atomic E-state index is -0.00426. The molecule has 108 valence electrons. The SMILES string of the molecule is C/C=C/c1ccccc1C(=O)c1ccccc1OCCC. The van der Waals surface area contributed by atoms with Crippen molar-refractivity contribution in [3.63, 3.8) is 0 Å². The number of ketones is 1. The molecule has 2 nitrogen and oxygen atoms in total. The van der Waals surface area contributed by atoms with Crippen LogP contribution < -0.4 is 4.74 Å². The van der Waals surface area contributed by atoms with Crippen LogP contribution in [0.4, 0.5) is 0 Å². The molecular formula is C19H20O2. The van der Waals surface area contributed by atoms with Crippen LogP contribution in [0.25, 0.3) is 6.08 Å². The predicted molar refractivity (Wildman–Crippen MR) is 86.8 cm³/mol. The van der Waals surface area contributed by atoms with Crippen molar-refractivity contribution in [3.8, 4) is 5.75 Å². The van der Waals surface area contributed by atoms with Crippen molar-refractivity contribution in [2.75, 3.05) is 6.61 Å². The number of hydrogen-bond donors (Lipinski definition) is 0. The van der Waals surface area contributed by atoms with Gasteiger partial charge in [-0.15, -0.1) is 0 Å². The van der Waals surface area contributed by atoms with E-state index < -0.39 is 0 Å². The zero-order valence-electron chi connectivity index (χ0n) is 12.5. The number of benzene rings is 2. The maximum Gasteiger partial charge on any atom is 0.197 e. The highest BCUT2D eigenvalue weighted by molar-refractivity contribution is 6.12. The smallest absolute Gasteiger partial charge is 0.197 e. The first-order chi connectivity index (χ1) is 10.3. The molecule has 0 aliphatic heterocycles. The fourth-order valence-corrected chi connectivity index (χ4v) is 2.17. The maximum absolute atomic E-state index is 12.8. The highest BCUT2D eigenvalue weighted by Crippen LogP contribution is 2.24. The van der Waals surface area contributed by atoms with E-state index in [1.165, 1.54) is 0 Å². The zero-order valence-corrected chi connectivity index (χ0v) is 12.5. The molecule has 0 aliphatic rings. The summed E-state index contributed by atoms with van der Waals surface area (Å²) in [7, 11) is 0. The van der Waals surface area contributed by atoms with Crippen LogP contribution >= 0.6 is 0 Å². The Hall–Kier alpha value is -2.35. The summed E-state index contributed by atoms with van der Waals surface area (Å²) < 4.78 is 5.69. The topological polar surface area (TPSA) is 26.3 Å². The molecule has 0 saturated carbocycles. The first kappa shape index (κ1) is 15.0. The Bertz CT molecular complexity index is 642. The summed E-state index contributed by atoms with van der Waals surface area (Å²) in [6, 6.07) is 15.0. The normalized spacial score (nSPS) is 10.8. The molecule has 0 aliphatic carbocycles. The molecule has 0 radical (unpaired) electrons. The third-order valence-electron chi connectivity index (χ3n) is 3.15. The second-order valence-corrected chi connectivity index (χ2v) is 4.76. The summed E-state index contributed by atoms with van der Waals surface area (Å²) in [4.78, 5) is 12.8. The molecule has 0 aromatic heterocycles. The number of carbonyl (C=O) groups is 1. The van der Waals surface area contributed by atoms with Gasteiger partial charge in [-0.25, -0.2) is 0 Å². The Morgan fingerprint density at radius 2 is 1.71 bits per heavy atom. The maximum atomic E-state index is 12.8. The fraction of sp³-hybridized carbons (Fsp3) is 0.211. The van der Waals surface area contributed by atoms with Gasteiger partial charge in [0.05, 0.1) is 12.2 Å². The molecule has 2 heteroatoms. The average molecular weight is 280 g/mol. The summed E-state index contributed by atoms with van der Waals surface area (Å²) in [6.07, 6.45) is 4.80. The van der Waals surface area contributed by atoms with E-state index in [0.717, 1.165) is 12.0 Å². The number of para-hydroxylation sites is 1. The van der Waals surface area contributed by atoms with Crippen molar-refractivity contribution < 1.29 is 9.53 Å². The van der Waals surface area contributed by atoms with Gasteiger partial charge in [0.2, 0.25) is 0 Å². The molecule has 0 atom stereocenters. The molecule has 0 amide bonds. The van der Waals surface area contributed by atoms with E-state index in [0.29, 0.717) is 23.5 Å². The lowest BCUT2D eigenvalue weighted by molar-refractivity contribution is 0.103. The van der Waals surface area contributed by atoms with Crippen LogP contribution in [0.1, 0.15) is 41.8 Å². The Morgan fingerprint density at radius 3 is 2.43 bits per heavy atom. The van der Waals surface area contributed by atoms with Crippen LogP contribution in [-0.2, 0) is 0 Å². The second-order valence-electron chi connectivity index (χ2n) is 4.76. The molecule has 0 bridgehead atoms. The standard InChI is InChI=1S/C19H20O2/c1-3-9-15-10-5-6-11-16(15)19(20)17-12-7-8-13-18(17)21-14-4-2/h3,5-13H,4,14H2,1-2H3/b9-3+. The van der Waals surface area contributed by atoms with Crippen LogP contribution in [0.5, 0.6) is 5.75 Å². The molecule has 0 N–H and O–H groups in total. The lowest BCUT2D eigenvalue weighted by Crippen LogP contribution is -2.07. The fourth-order valence-electron chi connectivity index (χ4n) is 2.17. The third-order valence-corrected chi connectivity index (χ3v) is 3.15. The van der Waals surface area contributed by atoms with Crippen LogP contribution in [0.2, 0.25) is 0 Å². The number of allylic oxidation sites excluding steroid dienone is 1. The first-order valence-corrected chi connectivity index (χ1v) is 7.26. The largest absolute Gasteiger partial charge is 0.493 e. The van der Waals surface area contributed by atoms with E-state index in [-0.39, 0.29) is 5.78 Å². The number of rotatable bonds is 6. The monoisotopic (exact) mass is 280 g/mol. The van der Waals surface area contributed by atoms with Crippen LogP contribution in [0.15, 0.2) is 54.6 Å². The lowest BCUT2D eigenvalue weighted by atomic mass is 9.97. The molecular weight excluding hydrogens is 260 g/mol. The van der Waals surface area contributed by atoms with Crippen molar-refractivity contribution in [1.29, 1.82) is 0 Å². The van der Waals surface area contributed by atoms with Crippen molar-refractivity contribution in [2.24, 2.45) is 0 Å². The summed E-state index contributed by atoms with van der Waals surface area (Å²) in [5, 5.41) is 0.